The van der Waals surface area contributed by atoms with Gasteiger partial charge in [-0.05, 0) is 41.7 Å². The summed E-state index contributed by atoms with van der Waals surface area (Å²) in [6.07, 6.45) is 0. The lowest BCUT2D eigenvalue weighted by Gasteiger charge is -2.19. The van der Waals surface area contributed by atoms with Gasteiger partial charge in [0.05, 0.1) is 5.56 Å². The van der Waals surface area contributed by atoms with Crippen molar-refractivity contribution in [3.8, 4) is 0 Å². The van der Waals surface area contributed by atoms with Crippen LogP contribution in [0.2, 0.25) is 0 Å². The van der Waals surface area contributed by atoms with E-state index in [4.69, 9.17) is 0 Å². The lowest BCUT2D eigenvalue weighted by Crippen LogP contribution is -2.15. The standard InChI is InChI=1S/C18H20FNO/c1-12-6-5-7-15(16(12)19)17(21)20-14-10-8-13(9-11-14)18(2,3)4/h5-11H,1-4H3,(H,20,21). The molecule has 0 unspecified atom stereocenters. The molecular formula is C18H20FNO. The van der Waals surface area contributed by atoms with Crippen LogP contribution in [0.5, 0.6) is 0 Å². The number of hydrogen-bond acceptors (Lipinski definition) is 1. The number of carbonyl (C=O) groups is 1. The summed E-state index contributed by atoms with van der Waals surface area (Å²) in [5, 5.41) is 2.73. The maximum absolute atomic E-state index is 13.9. The van der Waals surface area contributed by atoms with Crippen LogP contribution < -0.4 is 5.32 Å². The summed E-state index contributed by atoms with van der Waals surface area (Å²) >= 11 is 0. The zero-order chi connectivity index (χ0) is 15.6. The lowest BCUT2D eigenvalue weighted by atomic mass is 9.87. The van der Waals surface area contributed by atoms with Gasteiger partial charge in [0.2, 0.25) is 0 Å². The second-order valence-corrected chi connectivity index (χ2v) is 6.22. The van der Waals surface area contributed by atoms with Gasteiger partial charge in [0.25, 0.3) is 5.91 Å². The van der Waals surface area contributed by atoms with E-state index in [1.165, 1.54) is 11.6 Å². The van der Waals surface area contributed by atoms with E-state index in [1.54, 1.807) is 19.1 Å². The highest BCUT2D eigenvalue weighted by molar-refractivity contribution is 6.04. The molecule has 3 heteroatoms. The van der Waals surface area contributed by atoms with Crippen molar-refractivity contribution in [2.45, 2.75) is 33.1 Å². The van der Waals surface area contributed by atoms with Crippen molar-refractivity contribution in [2.75, 3.05) is 5.32 Å². The van der Waals surface area contributed by atoms with E-state index in [-0.39, 0.29) is 11.0 Å². The third kappa shape index (κ3) is 3.48. The second-order valence-electron chi connectivity index (χ2n) is 6.22. The Kier molecular flexibility index (Phi) is 4.12. The Labute approximate surface area is 125 Å². The summed E-state index contributed by atoms with van der Waals surface area (Å²) in [5.74, 6) is -0.902. The molecule has 0 fully saturated rings. The summed E-state index contributed by atoms with van der Waals surface area (Å²) in [4.78, 5) is 12.1. The van der Waals surface area contributed by atoms with Crippen molar-refractivity contribution in [1.29, 1.82) is 0 Å². The van der Waals surface area contributed by atoms with Gasteiger partial charge in [-0.25, -0.2) is 4.39 Å². The molecule has 0 radical (unpaired) electrons. The highest BCUT2D eigenvalue weighted by Crippen LogP contribution is 2.24. The molecule has 0 aliphatic carbocycles. The van der Waals surface area contributed by atoms with E-state index in [9.17, 15) is 9.18 Å². The SMILES string of the molecule is Cc1cccc(C(=O)Nc2ccc(C(C)(C)C)cc2)c1F. The number of rotatable bonds is 2. The third-order valence-electron chi connectivity index (χ3n) is 3.45. The maximum atomic E-state index is 13.9. The number of benzene rings is 2. The number of aryl methyl sites for hydroxylation is 1. The van der Waals surface area contributed by atoms with E-state index >= 15 is 0 Å². The minimum atomic E-state index is -0.471. The molecule has 0 saturated carbocycles. The monoisotopic (exact) mass is 285 g/mol. The number of hydrogen-bond donors (Lipinski definition) is 1. The fourth-order valence-corrected chi connectivity index (χ4v) is 2.07. The smallest absolute Gasteiger partial charge is 0.258 e. The van der Waals surface area contributed by atoms with Crippen LogP contribution in [-0.2, 0) is 5.41 Å². The molecule has 2 aromatic carbocycles. The van der Waals surface area contributed by atoms with Gasteiger partial charge in [-0.2, -0.15) is 0 Å². The Hall–Kier alpha value is -2.16. The number of carbonyl (C=O) groups excluding carboxylic acids is 1. The zero-order valence-corrected chi connectivity index (χ0v) is 12.8. The van der Waals surface area contributed by atoms with Gasteiger partial charge in [0, 0.05) is 5.69 Å². The minimum Gasteiger partial charge on any atom is -0.322 e. The molecule has 0 aliphatic heterocycles. The van der Waals surface area contributed by atoms with E-state index < -0.39 is 11.7 Å². The zero-order valence-electron chi connectivity index (χ0n) is 12.8. The fourth-order valence-electron chi connectivity index (χ4n) is 2.07. The molecule has 0 heterocycles. The molecule has 0 atom stereocenters. The topological polar surface area (TPSA) is 29.1 Å². The van der Waals surface area contributed by atoms with Crippen LogP contribution in [0.3, 0.4) is 0 Å². The van der Waals surface area contributed by atoms with Crippen molar-refractivity contribution in [3.63, 3.8) is 0 Å². The Morgan fingerprint density at radius 2 is 1.67 bits per heavy atom. The van der Waals surface area contributed by atoms with E-state index in [0.717, 1.165) is 0 Å². The average Bonchev–Trinajstić information content (AvgIpc) is 2.41. The molecule has 0 bridgehead atoms. The molecule has 110 valence electrons. The summed E-state index contributed by atoms with van der Waals surface area (Å²) in [7, 11) is 0. The van der Waals surface area contributed by atoms with Crippen molar-refractivity contribution in [3.05, 3.63) is 65.0 Å². The van der Waals surface area contributed by atoms with Crippen LogP contribution in [0.1, 0.15) is 42.3 Å². The predicted octanol–water partition coefficient (Wildman–Crippen LogP) is 4.68. The van der Waals surface area contributed by atoms with Crippen LogP contribution >= 0.6 is 0 Å². The minimum absolute atomic E-state index is 0.0607. The molecule has 0 aliphatic rings. The summed E-state index contributed by atoms with van der Waals surface area (Å²) < 4.78 is 13.9. The largest absolute Gasteiger partial charge is 0.322 e. The average molecular weight is 285 g/mol. The van der Waals surface area contributed by atoms with Crippen LogP contribution in [0, 0.1) is 12.7 Å². The molecular weight excluding hydrogens is 265 g/mol. The fraction of sp³-hybridized carbons (Fsp3) is 0.278. The van der Waals surface area contributed by atoms with Gasteiger partial charge < -0.3 is 5.32 Å². The molecule has 1 amide bonds. The van der Waals surface area contributed by atoms with Gasteiger partial charge >= 0.3 is 0 Å². The van der Waals surface area contributed by atoms with Crippen LogP contribution in [-0.4, -0.2) is 5.91 Å². The number of amides is 1. The molecule has 2 rings (SSSR count). The van der Waals surface area contributed by atoms with Crippen molar-refractivity contribution in [1.82, 2.24) is 0 Å². The molecule has 21 heavy (non-hydrogen) atoms. The Balaban J connectivity index is 2.18. The van der Waals surface area contributed by atoms with E-state index in [0.29, 0.717) is 11.3 Å². The van der Waals surface area contributed by atoms with Crippen molar-refractivity contribution in [2.24, 2.45) is 0 Å². The lowest BCUT2D eigenvalue weighted by molar-refractivity contribution is 0.102. The first kappa shape index (κ1) is 15.2. The Bertz CT molecular complexity index is 654. The van der Waals surface area contributed by atoms with Crippen molar-refractivity contribution >= 4 is 11.6 Å². The number of nitrogens with one attached hydrogen (secondary N) is 1. The van der Waals surface area contributed by atoms with Gasteiger partial charge in [-0.1, -0.05) is 45.0 Å². The first-order valence-electron chi connectivity index (χ1n) is 6.96. The van der Waals surface area contributed by atoms with Gasteiger partial charge in [-0.3, -0.25) is 4.79 Å². The second kappa shape index (κ2) is 5.68. The molecule has 0 spiro atoms. The molecule has 0 saturated heterocycles. The highest BCUT2D eigenvalue weighted by Gasteiger charge is 2.15. The Morgan fingerprint density at radius 3 is 2.24 bits per heavy atom. The van der Waals surface area contributed by atoms with Gasteiger partial charge in [-0.15, -0.1) is 0 Å². The maximum Gasteiger partial charge on any atom is 0.258 e. The van der Waals surface area contributed by atoms with Crippen LogP contribution in [0.25, 0.3) is 0 Å². The summed E-state index contributed by atoms with van der Waals surface area (Å²) in [6, 6.07) is 12.4. The summed E-state index contributed by atoms with van der Waals surface area (Å²) in [6.45, 7) is 8.03. The molecule has 1 N–H and O–H groups in total. The summed E-state index contributed by atoms with van der Waals surface area (Å²) in [5.41, 5.74) is 2.43. The normalized spacial score (nSPS) is 11.3. The van der Waals surface area contributed by atoms with Crippen LogP contribution in [0.4, 0.5) is 10.1 Å². The molecule has 0 aromatic heterocycles. The van der Waals surface area contributed by atoms with E-state index in [2.05, 4.69) is 26.1 Å². The quantitative estimate of drug-likeness (QED) is 0.852. The first-order chi connectivity index (χ1) is 9.79. The van der Waals surface area contributed by atoms with Gasteiger partial charge in [0.15, 0.2) is 0 Å². The first-order valence-corrected chi connectivity index (χ1v) is 6.96. The third-order valence-corrected chi connectivity index (χ3v) is 3.45. The Morgan fingerprint density at radius 1 is 1.05 bits per heavy atom. The molecule has 2 aromatic rings. The predicted molar refractivity (Wildman–Crippen MR) is 84.2 cm³/mol. The number of anilines is 1. The van der Waals surface area contributed by atoms with Crippen molar-refractivity contribution < 1.29 is 9.18 Å². The molecule has 2 nitrogen and oxygen atoms in total. The number of halogens is 1. The highest BCUT2D eigenvalue weighted by atomic mass is 19.1. The van der Waals surface area contributed by atoms with Crippen LogP contribution in [0.15, 0.2) is 42.5 Å². The van der Waals surface area contributed by atoms with Gasteiger partial charge in [0.1, 0.15) is 5.82 Å². The van der Waals surface area contributed by atoms with E-state index in [1.807, 2.05) is 24.3 Å².